The number of nitrogens with one attached hydrogen (secondary N) is 1. The van der Waals surface area contributed by atoms with Crippen LogP contribution in [-0.4, -0.2) is 30.8 Å². The second-order valence-corrected chi connectivity index (χ2v) is 7.44. The Hall–Kier alpha value is -0.120. The van der Waals surface area contributed by atoms with Crippen LogP contribution in [0, 0.1) is 17.3 Å². The van der Waals surface area contributed by atoms with Gasteiger partial charge in [0.1, 0.15) is 0 Å². The van der Waals surface area contributed by atoms with Gasteiger partial charge in [0.2, 0.25) is 0 Å². The van der Waals surface area contributed by atoms with Gasteiger partial charge in [-0.3, -0.25) is 0 Å². The molecule has 2 aliphatic carbocycles. The summed E-state index contributed by atoms with van der Waals surface area (Å²) in [6, 6.07) is 0.692. The van der Waals surface area contributed by atoms with Crippen LogP contribution in [0.15, 0.2) is 0 Å². The smallest absolute Gasteiger partial charge is 0.0691 e. The Morgan fingerprint density at radius 2 is 2.06 bits per heavy atom. The first-order valence-electron chi connectivity index (χ1n) is 7.59. The highest BCUT2D eigenvalue weighted by Gasteiger charge is 2.67. The van der Waals surface area contributed by atoms with E-state index >= 15 is 0 Å². The SMILES string of the molecule is CC1CCC(NCC2(N)C3CCOC3C2(C)C)C1. The van der Waals surface area contributed by atoms with Gasteiger partial charge in [-0.05, 0) is 31.6 Å². The zero-order valence-corrected chi connectivity index (χ0v) is 12.0. The van der Waals surface area contributed by atoms with Crippen molar-refractivity contribution in [2.45, 2.75) is 64.1 Å². The predicted molar refractivity (Wildman–Crippen MR) is 73.4 cm³/mol. The van der Waals surface area contributed by atoms with E-state index < -0.39 is 0 Å². The maximum atomic E-state index is 6.74. The minimum Gasteiger partial charge on any atom is -0.377 e. The third kappa shape index (κ3) is 1.67. The van der Waals surface area contributed by atoms with E-state index in [2.05, 4.69) is 26.1 Å². The van der Waals surface area contributed by atoms with E-state index in [1.165, 1.54) is 19.3 Å². The normalized spacial score (nSPS) is 50.0. The maximum Gasteiger partial charge on any atom is 0.0691 e. The van der Waals surface area contributed by atoms with Crippen LogP contribution < -0.4 is 11.1 Å². The molecule has 3 aliphatic rings. The first-order valence-corrected chi connectivity index (χ1v) is 7.59. The molecule has 0 aromatic heterocycles. The van der Waals surface area contributed by atoms with Crippen LogP contribution in [-0.2, 0) is 4.74 Å². The van der Waals surface area contributed by atoms with Crippen molar-refractivity contribution in [3.05, 3.63) is 0 Å². The molecule has 0 bridgehead atoms. The Kier molecular flexibility index (Phi) is 3.00. The number of hydrogen-bond donors (Lipinski definition) is 2. The Labute approximate surface area is 111 Å². The molecule has 3 nitrogen and oxygen atoms in total. The van der Waals surface area contributed by atoms with Crippen LogP contribution in [0.5, 0.6) is 0 Å². The number of nitrogens with two attached hydrogens (primary N) is 1. The largest absolute Gasteiger partial charge is 0.377 e. The molecule has 3 rings (SSSR count). The number of rotatable bonds is 3. The fourth-order valence-electron chi connectivity index (χ4n) is 4.54. The highest BCUT2D eigenvalue weighted by atomic mass is 16.5. The number of fused-ring (bicyclic) bond motifs is 1. The van der Waals surface area contributed by atoms with Gasteiger partial charge in [0.05, 0.1) is 6.10 Å². The van der Waals surface area contributed by atoms with Crippen LogP contribution in [0.1, 0.15) is 46.5 Å². The summed E-state index contributed by atoms with van der Waals surface area (Å²) in [5.41, 5.74) is 6.78. The highest BCUT2D eigenvalue weighted by Crippen LogP contribution is 2.57. The summed E-state index contributed by atoms with van der Waals surface area (Å²) < 4.78 is 5.84. The van der Waals surface area contributed by atoms with E-state index in [0.717, 1.165) is 25.5 Å². The van der Waals surface area contributed by atoms with Gasteiger partial charge in [0.15, 0.2) is 0 Å². The van der Waals surface area contributed by atoms with Crippen molar-refractivity contribution in [1.82, 2.24) is 5.32 Å². The summed E-state index contributed by atoms with van der Waals surface area (Å²) in [5.74, 6) is 1.45. The second-order valence-electron chi connectivity index (χ2n) is 7.44. The summed E-state index contributed by atoms with van der Waals surface area (Å²) in [7, 11) is 0. The maximum absolute atomic E-state index is 6.74. The van der Waals surface area contributed by atoms with Gasteiger partial charge < -0.3 is 15.8 Å². The molecular formula is C15H28N2O. The average molecular weight is 252 g/mol. The van der Waals surface area contributed by atoms with Crippen molar-refractivity contribution < 1.29 is 4.74 Å². The van der Waals surface area contributed by atoms with E-state index in [9.17, 15) is 0 Å². The van der Waals surface area contributed by atoms with Gasteiger partial charge in [-0.2, -0.15) is 0 Å². The topological polar surface area (TPSA) is 47.3 Å². The third-order valence-corrected chi connectivity index (χ3v) is 6.04. The molecule has 18 heavy (non-hydrogen) atoms. The van der Waals surface area contributed by atoms with Crippen molar-refractivity contribution in [3.63, 3.8) is 0 Å². The minimum absolute atomic E-state index is 0.0694. The molecule has 104 valence electrons. The summed E-state index contributed by atoms with van der Waals surface area (Å²) in [4.78, 5) is 0. The minimum atomic E-state index is -0.0694. The standard InChI is InChI=1S/C15H28N2O/c1-10-4-5-11(8-10)17-9-15(16)12-6-7-18-13(12)14(15,2)3/h10-13,17H,4-9,16H2,1-3H3. The van der Waals surface area contributed by atoms with Gasteiger partial charge in [-0.15, -0.1) is 0 Å². The van der Waals surface area contributed by atoms with Crippen molar-refractivity contribution >= 4 is 0 Å². The molecule has 1 saturated heterocycles. The Morgan fingerprint density at radius 1 is 1.28 bits per heavy atom. The van der Waals surface area contributed by atoms with Crippen LogP contribution in [0.4, 0.5) is 0 Å². The van der Waals surface area contributed by atoms with Gasteiger partial charge in [0.25, 0.3) is 0 Å². The lowest BCUT2D eigenvalue weighted by atomic mass is 9.48. The Morgan fingerprint density at radius 3 is 2.72 bits per heavy atom. The average Bonchev–Trinajstić information content (AvgIpc) is 2.93. The predicted octanol–water partition coefficient (Wildman–Crippen LogP) is 1.91. The molecule has 1 aliphatic heterocycles. The summed E-state index contributed by atoms with van der Waals surface area (Å²) >= 11 is 0. The molecule has 3 fully saturated rings. The summed E-state index contributed by atoms with van der Waals surface area (Å²) in [6.07, 6.45) is 5.55. The van der Waals surface area contributed by atoms with Gasteiger partial charge >= 0.3 is 0 Å². The zero-order valence-electron chi connectivity index (χ0n) is 12.0. The molecule has 0 spiro atoms. The third-order valence-electron chi connectivity index (χ3n) is 6.04. The molecule has 5 unspecified atom stereocenters. The van der Waals surface area contributed by atoms with Crippen LogP contribution in [0.2, 0.25) is 0 Å². The van der Waals surface area contributed by atoms with Gasteiger partial charge in [0, 0.05) is 36.1 Å². The van der Waals surface area contributed by atoms with Crippen molar-refractivity contribution in [3.8, 4) is 0 Å². The molecule has 3 heteroatoms. The fourth-order valence-corrected chi connectivity index (χ4v) is 4.54. The Balaban J connectivity index is 1.61. The lowest BCUT2D eigenvalue weighted by molar-refractivity contribution is -0.154. The Bertz CT molecular complexity index is 330. The molecule has 0 aromatic rings. The molecule has 0 radical (unpaired) electrons. The van der Waals surface area contributed by atoms with Crippen LogP contribution in [0.25, 0.3) is 0 Å². The monoisotopic (exact) mass is 252 g/mol. The molecular weight excluding hydrogens is 224 g/mol. The van der Waals surface area contributed by atoms with Crippen LogP contribution in [0.3, 0.4) is 0 Å². The van der Waals surface area contributed by atoms with E-state index in [-0.39, 0.29) is 11.0 Å². The van der Waals surface area contributed by atoms with Crippen molar-refractivity contribution in [2.75, 3.05) is 13.2 Å². The zero-order chi connectivity index (χ0) is 13.0. The molecule has 2 saturated carbocycles. The number of hydrogen-bond acceptors (Lipinski definition) is 3. The first kappa shape index (κ1) is 12.9. The molecule has 5 atom stereocenters. The number of ether oxygens (including phenoxy) is 1. The first-order chi connectivity index (χ1) is 8.45. The van der Waals surface area contributed by atoms with E-state index in [1.54, 1.807) is 0 Å². The summed E-state index contributed by atoms with van der Waals surface area (Å²) in [5, 5.41) is 3.74. The molecule has 0 aromatic carbocycles. The van der Waals surface area contributed by atoms with Gasteiger partial charge in [-0.25, -0.2) is 0 Å². The van der Waals surface area contributed by atoms with Gasteiger partial charge in [-0.1, -0.05) is 20.8 Å². The van der Waals surface area contributed by atoms with E-state index in [4.69, 9.17) is 10.5 Å². The van der Waals surface area contributed by atoms with E-state index in [1.807, 2.05) is 0 Å². The lowest BCUT2D eigenvalue weighted by Crippen LogP contribution is -2.78. The molecule has 1 heterocycles. The van der Waals surface area contributed by atoms with Crippen molar-refractivity contribution in [1.29, 1.82) is 0 Å². The summed E-state index contributed by atoms with van der Waals surface area (Å²) in [6.45, 7) is 8.77. The van der Waals surface area contributed by atoms with Crippen molar-refractivity contribution in [2.24, 2.45) is 23.0 Å². The van der Waals surface area contributed by atoms with Crippen LogP contribution >= 0.6 is 0 Å². The quantitative estimate of drug-likeness (QED) is 0.806. The molecule has 0 amide bonds. The fraction of sp³-hybridized carbons (Fsp3) is 1.00. The molecule has 3 N–H and O–H groups in total. The lowest BCUT2D eigenvalue weighted by Gasteiger charge is -2.62. The van der Waals surface area contributed by atoms with E-state index in [0.29, 0.717) is 18.1 Å². The second kappa shape index (κ2) is 4.19. The highest BCUT2D eigenvalue weighted by molar-refractivity contribution is 5.21.